The van der Waals surface area contributed by atoms with Gasteiger partial charge in [-0.05, 0) is 30.4 Å². The van der Waals surface area contributed by atoms with Crippen LogP contribution in [-0.2, 0) is 0 Å². The van der Waals surface area contributed by atoms with E-state index in [1.807, 2.05) is 0 Å². The molecule has 1 fully saturated rings. The van der Waals surface area contributed by atoms with Crippen molar-refractivity contribution in [3.8, 4) is 0 Å². The Bertz CT molecular complexity index is 381. The number of nitrogens with two attached hydrogens (primary N) is 1. The van der Waals surface area contributed by atoms with E-state index in [1.165, 1.54) is 37.2 Å². The lowest BCUT2D eigenvalue weighted by Crippen LogP contribution is -2.41. The SMILES string of the molecule is CC(C)c1ccccc1NC1CCN(CCN)CC1. The highest BCUT2D eigenvalue weighted by atomic mass is 15.1. The van der Waals surface area contributed by atoms with E-state index in [-0.39, 0.29) is 0 Å². The lowest BCUT2D eigenvalue weighted by Gasteiger charge is -2.33. The van der Waals surface area contributed by atoms with Crippen LogP contribution in [0.4, 0.5) is 5.69 Å². The molecule has 0 bridgehead atoms. The molecule has 0 saturated carbocycles. The summed E-state index contributed by atoms with van der Waals surface area (Å²) < 4.78 is 0. The Balaban J connectivity index is 1.92. The van der Waals surface area contributed by atoms with Crippen LogP contribution in [-0.4, -0.2) is 37.1 Å². The van der Waals surface area contributed by atoms with Gasteiger partial charge in [-0.1, -0.05) is 32.0 Å². The second-order valence-electron chi connectivity index (χ2n) is 5.79. The lowest BCUT2D eigenvalue weighted by atomic mass is 9.99. The molecule has 1 aliphatic rings. The number of benzene rings is 1. The summed E-state index contributed by atoms with van der Waals surface area (Å²) in [7, 11) is 0. The molecule has 3 nitrogen and oxygen atoms in total. The molecule has 0 aromatic heterocycles. The quantitative estimate of drug-likeness (QED) is 0.856. The first-order valence-electron chi connectivity index (χ1n) is 7.48. The molecule has 1 heterocycles. The Kier molecular flexibility index (Phi) is 5.23. The van der Waals surface area contributed by atoms with Gasteiger partial charge in [0, 0.05) is 37.9 Å². The molecule has 1 saturated heterocycles. The van der Waals surface area contributed by atoms with Crippen molar-refractivity contribution in [1.29, 1.82) is 0 Å². The number of nitrogens with zero attached hydrogens (tertiary/aromatic N) is 1. The normalized spacial score (nSPS) is 17.9. The van der Waals surface area contributed by atoms with Crippen LogP contribution in [0.3, 0.4) is 0 Å². The topological polar surface area (TPSA) is 41.3 Å². The van der Waals surface area contributed by atoms with Crippen LogP contribution in [0.15, 0.2) is 24.3 Å². The summed E-state index contributed by atoms with van der Waals surface area (Å²) in [6.45, 7) is 8.65. The van der Waals surface area contributed by atoms with Gasteiger partial charge >= 0.3 is 0 Å². The third-order valence-corrected chi connectivity index (χ3v) is 3.98. The van der Waals surface area contributed by atoms with Gasteiger partial charge < -0.3 is 16.0 Å². The fraction of sp³-hybridized carbons (Fsp3) is 0.625. The van der Waals surface area contributed by atoms with Crippen LogP contribution in [0.1, 0.15) is 38.2 Å². The molecule has 0 aliphatic carbocycles. The number of nitrogens with one attached hydrogen (secondary N) is 1. The molecule has 1 aliphatic heterocycles. The van der Waals surface area contributed by atoms with Crippen molar-refractivity contribution >= 4 is 5.69 Å². The zero-order valence-corrected chi connectivity index (χ0v) is 12.2. The van der Waals surface area contributed by atoms with Crippen LogP contribution in [0.2, 0.25) is 0 Å². The van der Waals surface area contributed by atoms with E-state index in [0.29, 0.717) is 12.0 Å². The average Bonchev–Trinajstić information content (AvgIpc) is 2.42. The molecular weight excluding hydrogens is 234 g/mol. The molecule has 1 aromatic rings. The van der Waals surface area contributed by atoms with Gasteiger partial charge in [-0.3, -0.25) is 0 Å². The molecule has 0 amide bonds. The van der Waals surface area contributed by atoms with Crippen molar-refractivity contribution in [3.05, 3.63) is 29.8 Å². The number of anilines is 1. The smallest absolute Gasteiger partial charge is 0.0377 e. The van der Waals surface area contributed by atoms with Gasteiger partial charge in [-0.15, -0.1) is 0 Å². The van der Waals surface area contributed by atoms with Crippen LogP contribution in [0, 0.1) is 0 Å². The van der Waals surface area contributed by atoms with Crippen molar-refractivity contribution < 1.29 is 0 Å². The second kappa shape index (κ2) is 6.92. The van der Waals surface area contributed by atoms with Crippen molar-refractivity contribution in [2.45, 2.75) is 38.6 Å². The summed E-state index contributed by atoms with van der Waals surface area (Å²) in [6.07, 6.45) is 2.43. The van der Waals surface area contributed by atoms with Gasteiger partial charge in [-0.25, -0.2) is 0 Å². The minimum atomic E-state index is 0.570. The number of rotatable bonds is 5. The van der Waals surface area contributed by atoms with Crippen LogP contribution >= 0.6 is 0 Å². The first-order valence-corrected chi connectivity index (χ1v) is 7.48. The van der Waals surface area contributed by atoms with Crippen molar-refractivity contribution in [3.63, 3.8) is 0 Å². The van der Waals surface area contributed by atoms with Gasteiger partial charge in [0.1, 0.15) is 0 Å². The molecule has 0 spiro atoms. The Labute approximate surface area is 117 Å². The number of hydrogen-bond acceptors (Lipinski definition) is 3. The predicted octanol–water partition coefficient (Wildman–Crippen LogP) is 2.65. The third kappa shape index (κ3) is 3.95. The number of para-hydroxylation sites is 1. The molecule has 0 unspecified atom stereocenters. The first kappa shape index (κ1) is 14.4. The van der Waals surface area contributed by atoms with E-state index < -0.39 is 0 Å². The van der Waals surface area contributed by atoms with E-state index >= 15 is 0 Å². The van der Waals surface area contributed by atoms with E-state index in [2.05, 4.69) is 48.3 Å². The summed E-state index contributed by atoms with van der Waals surface area (Å²) in [5.74, 6) is 0.570. The molecule has 1 aromatic carbocycles. The number of piperidine rings is 1. The largest absolute Gasteiger partial charge is 0.382 e. The Hall–Kier alpha value is -1.06. The second-order valence-corrected chi connectivity index (χ2v) is 5.79. The number of hydrogen-bond donors (Lipinski definition) is 2. The number of likely N-dealkylation sites (tertiary alicyclic amines) is 1. The molecule has 106 valence electrons. The molecule has 19 heavy (non-hydrogen) atoms. The highest BCUT2D eigenvalue weighted by Gasteiger charge is 2.19. The van der Waals surface area contributed by atoms with E-state index in [1.54, 1.807) is 0 Å². The summed E-state index contributed by atoms with van der Waals surface area (Å²) in [4.78, 5) is 2.46. The van der Waals surface area contributed by atoms with Gasteiger partial charge in [0.15, 0.2) is 0 Å². The van der Waals surface area contributed by atoms with Gasteiger partial charge in [0.2, 0.25) is 0 Å². The maximum absolute atomic E-state index is 5.61. The highest BCUT2D eigenvalue weighted by Crippen LogP contribution is 2.26. The van der Waals surface area contributed by atoms with Crippen LogP contribution in [0.25, 0.3) is 0 Å². The monoisotopic (exact) mass is 261 g/mol. The van der Waals surface area contributed by atoms with E-state index in [4.69, 9.17) is 5.73 Å². The van der Waals surface area contributed by atoms with Crippen molar-refractivity contribution in [1.82, 2.24) is 4.90 Å². The Morgan fingerprint density at radius 2 is 1.95 bits per heavy atom. The van der Waals surface area contributed by atoms with Gasteiger partial charge in [-0.2, -0.15) is 0 Å². The molecule has 0 radical (unpaired) electrons. The summed E-state index contributed by atoms with van der Waals surface area (Å²) >= 11 is 0. The van der Waals surface area contributed by atoms with Gasteiger partial charge in [0.25, 0.3) is 0 Å². The molecular formula is C16H27N3. The summed E-state index contributed by atoms with van der Waals surface area (Å²) in [5, 5.41) is 3.74. The summed E-state index contributed by atoms with van der Waals surface area (Å²) in [6, 6.07) is 9.30. The van der Waals surface area contributed by atoms with Crippen LogP contribution in [0.5, 0.6) is 0 Å². The van der Waals surface area contributed by atoms with Crippen molar-refractivity contribution in [2.24, 2.45) is 5.73 Å². The minimum absolute atomic E-state index is 0.570. The zero-order chi connectivity index (χ0) is 13.7. The predicted molar refractivity (Wildman–Crippen MR) is 82.7 cm³/mol. The maximum Gasteiger partial charge on any atom is 0.0377 e. The molecule has 0 atom stereocenters. The van der Waals surface area contributed by atoms with Gasteiger partial charge in [0.05, 0.1) is 0 Å². The molecule has 3 heteroatoms. The third-order valence-electron chi connectivity index (χ3n) is 3.98. The Morgan fingerprint density at radius 1 is 1.26 bits per heavy atom. The van der Waals surface area contributed by atoms with E-state index in [0.717, 1.165) is 13.1 Å². The highest BCUT2D eigenvalue weighted by molar-refractivity contribution is 5.53. The van der Waals surface area contributed by atoms with Crippen LogP contribution < -0.4 is 11.1 Å². The van der Waals surface area contributed by atoms with E-state index in [9.17, 15) is 0 Å². The fourth-order valence-electron chi connectivity index (χ4n) is 2.84. The molecule has 3 N–H and O–H groups in total. The molecule has 2 rings (SSSR count). The minimum Gasteiger partial charge on any atom is -0.382 e. The fourth-order valence-corrected chi connectivity index (χ4v) is 2.84. The summed E-state index contributed by atoms with van der Waals surface area (Å²) in [5.41, 5.74) is 8.35. The average molecular weight is 261 g/mol. The zero-order valence-electron chi connectivity index (χ0n) is 12.2. The standard InChI is InChI=1S/C16H27N3/c1-13(2)15-5-3-4-6-16(15)18-14-7-10-19(11-8-14)12-9-17/h3-6,13-14,18H,7-12,17H2,1-2H3. The Morgan fingerprint density at radius 3 is 2.58 bits per heavy atom. The van der Waals surface area contributed by atoms with Crippen molar-refractivity contribution in [2.75, 3.05) is 31.5 Å². The lowest BCUT2D eigenvalue weighted by molar-refractivity contribution is 0.224. The maximum atomic E-state index is 5.61. The first-order chi connectivity index (χ1) is 9.20.